The lowest BCUT2D eigenvalue weighted by Gasteiger charge is -2.61. The molecule has 37 heavy (non-hydrogen) atoms. The van der Waals surface area contributed by atoms with Crippen molar-refractivity contribution >= 4 is 16.7 Å². The van der Waals surface area contributed by atoms with Gasteiger partial charge < -0.3 is 24.3 Å². The number of aliphatic hydroxyl groups excluding tert-OH is 2. The Kier molecular flexibility index (Phi) is 4.67. The van der Waals surface area contributed by atoms with E-state index >= 15 is 0 Å². The Morgan fingerprint density at radius 2 is 1.97 bits per heavy atom. The van der Waals surface area contributed by atoms with Crippen molar-refractivity contribution in [1.82, 2.24) is 9.88 Å². The Labute approximate surface area is 217 Å². The molecule has 2 spiro atoms. The molecular weight excluding hydrogens is 466 g/mol. The molecule has 1 aromatic heterocycles. The maximum Gasteiger partial charge on any atom is 0.192 e. The number of hydrogen-bond acceptors (Lipinski definition) is 7. The van der Waals surface area contributed by atoms with Gasteiger partial charge in [0.15, 0.2) is 11.5 Å². The molecule has 2 N–H and O–H groups in total. The molecule has 0 amide bonds. The van der Waals surface area contributed by atoms with Crippen LogP contribution in [0.5, 0.6) is 0 Å². The standard InChI is InChI=1S/C30H35N3O4/c1-17-32-21-13-18(5-7-23(21)36-17)19-6-8-24-27(19,2)9-10-28(16-31)14-20-25(34)26(35)22(33(3)4)15-29(20)11-12-30(24,28)37-29/h5-7,13-14,22,24-26,34-35H,8-12,15H2,1-4H3. The molecule has 1 saturated heterocycles. The summed E-state index contributed by atoms with van der Waals surface area (Å²) in [5.74, 6) is 0.814. The largest absolute Gasteiger partial charge is 0.441 e. The van der Waals surface area contributed by atoms with Crippen molar-refractivity contribution in [2.24, 2.45) is 16.7 Å². The highest BCUT2D eigenvalue weighted by Crippen LogP contribution is 2.72. The van der Waals surface area contributed by atoms with Gasteiger partial charge in [0.05, 0.1) is 23.4 Å². The van der Waals surface area contributed by atoms with E-state index in [4.69, 9.17) is 9.15 Å². The molecule has 0 radical (unpaired) electrons. The van der Waals surface area contributed by atoms with E-state index in [1.165, 1.54) is 5.57 Å². The Morgan fingerprint density at radius 3 is 2.73 bits per heavy atom. The fourth-order valence-corrected chi connectivity index (χ4v) is 8.90. The number of fused-ring (bicyclic) bond motifs is 2. The monoisotopic (exact) mass is 501 g/mol. The van der Waals surface area contributed by atoms with Crippen molar-refractivity contribution < 1.29 is 19.4 Å². The van der Waals surface area contributed by atoms with Gasteiger partial charge in [0.2, 0.25) is 0 Å². The SMILES string of the molecule is Cc1nc2cc(C3=CCC4C3(C)CCC3(C#N)C=C5C(O)C(O)C(N(C)C)CC56CCC43O6)ccc2o1. The predicted octanol–water partition coefficient (Wildman–Crippen LogP) is 4.13. The number of likely N-dealkylation sites (N-methyl/N-ethyl adjacent to an activating group) is 1. The third-order valence-electron chi connectivity index (χ3n) is 10.7. The number of nitrogens with zero attached hydrogens (tertiary/aromatic N) is 3. The number of benzene rings is 1. The van der Waals surface area contributed by atoms with Crippen LogP contribution < -0.4 is 0 Å². The lowest BCUT2D eigenvalue weighted by atomic mass is 9.49. The van der Waals surface area contributed by atoms with E-state index in [-0.39, 0.29) is 17.4 Å². The molecule has 3 fully saturated rings. The van der Waals surface area contributed by atoms with Gasteiger partial charge in [-0.3, -0.25) is 0 Å². The van der Waals surface area contributed by atoms with E-state index in [0.717, 1.165) is 47.9 Å². The van der Waals surface area contributed by atoms with Gasteiger partial charge in [-0.1, -0.05) is 25.1 Å². The average Bonchev–Trinajstić information content (AvgIpc) is 3.52. The molecule has 8 unspecified atom stereocenters. The van der Waals surface area contributed by atoms with E-state index in [9.17, 15) is 15.5 Å². The van der Waals surface area contributed by atoms with Crippen molar-refractivity contribution in [2.45, 2.75) is 81.8 Å². The van der Waals surface area contributed by atoms with E-state index in [1.807, 2.05) is 38.1 Å². The van der Waals surface area contributed by atoms with Crippen molar-refractivity contribution in [2.75, 3.05) is 14.1 Å². The van der Waals surface area contributed by atoms with Crippen LogP contribution in [0, 0.1) is 35.0 Å². The zero-order valence-electron chi connectivity index (χ0n) is 22.0. The number of ether oxygens (including phenoxy) is 1. The van der Waals surface area contributed by atoms with Gasteiger partial charge in [0.25, 0.3) is 0 Å². The summed E-state index contributed by atoms with van der Waals surface area (Å²) in [6.45, 7) is 4.22. The van der Waals surface area contributed by atoms with Crippen LogP contribution >= 0.6 is 0 Å². The van der Waals surface area contributed by atoms with Crippen LogP contribution in [0.25, 0.3) is 16.7 Å². The van der Waals surface area contributed by atoms with Gasteiger partial charge in [-0.05, 0) is 86.9 Å². The molecule has 2 bridgehead atoms. The fraction of sp³-hybridized carbons (Fsp3) is 0.600. The normalized spacial score (nSPS) is 44.2. The van der Waals surface area contributed by atoms with Crippen molar-refractivity contribution in [3.63, 3.8) is 0 Å². The Morgan fingerprint density at radius 1 is 1.16 bits per heavy atom. The number of aliphatic hydroxyl groups is 2. The molecule has 3 aliphatic carbocycles. The lowest BCUT2D eigenvalue weighted by Crippen LogP contribution is -2.66. The van der Waals surface area contributed by atoms with Gasteiger partial charge in [0.1, 0.15) is 17.0 Å². The van der Waals surface area contributed by atoms with Gasteiger partial charge >= 0.3 is 0 Å². The molecule has 7 heteroatoms. The maximum atomic E-state index is 11.3. The first-order valence-electron chi connectivity index (χ1n) is 13.5. The summed E-state index contributed by atoms with van der Waals surface area (Å²) < 4.78 is 13.0. The molecule has 7 nitrogen and oxygen atoms in total. The molecule has 2 saturated carbocycles. The molecule has 8 atom stereocenters. The van der Waals surface area contributed by atoms with Gasteiger partial charge in [-0.15, -0.1) is 0 Å². The van der Waals surface area contributed by atoms with E-state index in [2.05, 4.69) is 36.2 Å². The Balaban J connectivity index is 1.32. The number of oxazole rings is 1. The van der Waals surface area contributed by atoms with Crippen LogP contribution in [-0.2, 0) is 4.74 Å². The highest BCUT2D eigenvalue weighted by molar-refractivity contribution is 5.82. The molecule has 3 heterocycles. The van der Waals surface area contributed by atoms with Gasteiger partial charge in [-0.2, -0.15) is 5.26 Å². The van der Waals surface area contributed by atoms with Crippen molar-refractivity contribution in [1.29, 1.82) is 5.26 Å². The maximum absolute atomic E-state index is 11.3. The number of nitriles is 1. The van der Waals surface area contributed by atoms with Crippen molar-refractivity contribution in [3.05, 3.63) is 47.4 Å². The number of allylic oxidation sites excluding steroid dienone is 2. The smallest absolute Gasteiger partial charge is 0.192 e. The summed E-state index contributed by atoms with van der Waals surface area (Å²) in [5, 5.41) is 32.9. The second-order valence-corrected chi connectivity index (χ2v) is 12.6. The predicted molar refractivity (Wildman–Crippen MR) is 138 cm³/mol. The van der Waals surface area contributed by atoms with E-state index < -0.39 is 28.8 Å². The second-order valence-electron chi connectivity index (χ2n) is 12.6. The van der Waals surface area contributed by atoms with E-state index in [0.29, 0.717) is 18.7 Å². The Hall–Kier alpha value is -2.50. The van der Waals surface area contributed by atoms with Crippen LogP contribution in [0.1, 0.15) is 56.9 Å². The Bertz CT molecular complexity index is 1420. The summed E-state index contributed by atoms with van der Waals surface area (Å²) in [4.78, 5) is 6.55. The molecule has 194 valence electrons. The van der Waals surface area contributed by atoms with Crippen molar-refractivity contribution in [3.8, 4) is 6.07 Å². The quantitative estimate of drug-likeness (QED) is 0.597. The first kappa shape index (κ1) is 23.6. The third-order valence-corrected chi connectivity index (χ3v) is 10.7. The number of hydrogen-bond donors (Lipinski definition) is 2. The highest BCUT2D eigenvalue weighted by Gasteiger charge is 2.74. The molecule has 7 rings (SSSR count). The van der Waals surface area contributed by atoms with Crippen LogP contribution in [-0.4, -0.2) is 63.6 Å². The van der Waals surface area contributed by atoms with Crippen LogP contribution in [0.15, 0.2) is 40.3 Å². The van der Waals surface area contributed by atoms with E-state index in [1.54, 1.807) is 0 Å². The molecule has 5 aliphatic rings. The van der Waals surface area contributed by atoms with Crippen LogP contribution in [0.3, 0.4) is 0 Å². The zero-order chi connectivity index (χ0) is 26.0. The minimum absolute atomic E-state index is 0.141. The van der Waals surface area contributed by atoms with Gasteiger partial charge in [-0.25, -0.2) is 4.98 Å². The second kappa shape index (κ2) is 7.33. The van der Waals surface area contributed by atoms with Gasteiger partial charge in [0, 0.05) is 18.9 Å². The number of aromatic nitrogens is 1. The summed E-state index contributed by atoms with van der Waals surface area (Å²) in [6.07, 6.45) is 7.03. The molecular formula is C30H35N3O4. The minimum Gasteiger partial charge on any atom is -0.441 e. The first-order valence-corrected chi connectivity index (χ1v) is 13.5. The fourth-order valence-electron chi connectivity index (χ4n) is 8.90. The third kappa shape index (κ3) is 2.77. The number of aryl methyl sites for hydroxylation is 1. The van der Waals surface area contributed by atoms with Crippen LogP contribution in [0.4, 0.5) is 0 Å². The molecule has 2 aromatic rings. The summed E-state index contributed by atoms with van der Waals surface area (Å²) in [6, 6.07) is 8.76. The summed E-state index contributed by atoms with van der Waals surface area (Å²) >= 11 is 0. The number of rotatable bonds is 2. The highest BCUT2D eigenvalue weighted by atomic mass is 16.5. The average molecular weight is 502 g/mol. The lowest BCUT2D eigenvalue weighted by molar-refractivity contribution is -0.223. The van der Waals surface area contributed by atoms with Crippen LogP contribution in [0.2, 0.25) is 0 Å². The minimum atomic E-state index is -1.02. The molecule has 2 aliphatic heterocycles. The topological polar surface area (TPSA) is 103 Å². The summed E-state index contributed by atoms with van der Waals surface area (Å²) in [7, 11) is 3.88. The zero-order valence-corrected chi connectivity index (χ0v) is 22.0. The summed E-state index contributed by atoms with van der Waals surface area (Å²) in [5.41, 5.74) is 2.67. The first-order chi connectivity index (χ1) is 17.6. The molecule has 1 aromatic carbocycles.